The smallest absolute Gasteiger partial charge is 0.228 e. The molecule has 1 heterocycles. The van der Waals surface area contributed by atoms with Gasteiger partial charge >= 0.3 is 0 Å². The van der Waals surface area contributed by atoms with Crippen LogP contribution >= 0.6 is 0 Å². The molecule has 118 valence electrons. The van der Waals surface area contributed by atoms with Gasteiger partial charge in [0.15, 0.2) is 0 Å². The third kappa shape index (κ3) is 3.81. The summed E-state index contributed by atoms with van der Waals surface area (Å²) in [5.41, 5.74) is 3.08. The Kier molecular flexibility index (Phi) is 4.47. The molecule has 1 N–H and O–H groups in total. The first-order chi connectivity index (χ1) is 11.1. The van der Waals surface area contributed by atoms with Crippen LogP contribution in [0.5, 0.6) is 0 Å². The van der Waals surface area contributed by atoms with E-state index in [0.29, 0.717) is 12.3 Å². The van der Waals surface area contributed by atoms with Crippen molar-refractivity contribution < 1.29 is 4.79 Å². The number of amides is 1. The van der Waals surface area contributed by atoms with E-state index in [-0.39, 0.29) is 5.91 Å². The first-order valence-corrected chi connectivity index (χ1v) is 8.04. The highest BCUT2D eigenvalue weighted by atomic mass is 16.1. The Morgan fingerprint density at radius 2 is 1.87 bits per heavy atom. The van der Waals surface area contributed by atoms with E-state index in [9.17, 15) is 4.79 Å². The Labute approximate surface area is 136 Å². The minimum absolute atomic E-state index is 0.0113. The van der Waals surface area contributed by atoms with Gasteiger partial charge in [0, 0.05) is 29.3 Å². The molecular formula is C20H22N2O. The van der Waals surface area contributed by atoms with E-state index in [1.807, 2.05) is 42.5 Å². The van der Waals surface area contributed by atoms with Gasteiger partial charge in [-0.15, -0.1) is 0 Å². The van der Waals surface area contributed by atoms with Crippen LogP contribution in [0.3, 0.4) is 0 Å². The Morgan fingerprint density at radius 1 is 1.09 bits per heavy atom. The van der Waals surface area contributed by atoms with Crippen LogP contribution in [0.25, 0.3) is 10.9 Å². The van der Waals surface area contributed by atoms with Crippen LogP contribution in [0, 0.1) is 5.92 Å². The Hall–Kier alpha value is -2.55. The number of carbonyl (C=O) groups is 1. The van der Waals surface area contributed by atoms with Gasteiger partial charge in [-0.3, -0.25) is 4.79 Å². The molecule has 3 heteroatoms. The third-order valence-corrected chi connectivity index (χ3v) is 3.82. The Morgan fingerprint density at radius 3 is 2.61 bits per heavy atom. The Bertz CT molecular complexity index is 803. The number of fused-ring (bicyclic) bond motifs is 1. The number of nitrogens with one attached hydrogen (secondary N) is 1. The van der Waals surface area contributed by atoms with Gasteiger partial charge < -0.3 is 9.88 Å². The first-order valence-electron chi connectivity index (χ1n) is 8.04. The molecule has 3 aromatic rings. The third-order valence-electron chi connectivity index (χ3n) is 3.82. The number of nitrogens with zero attached hydrogens (tertiary/aromatic N) is 1. The fraction of sp³-hybridized carbons (Fsp3) is 0.250. The van der Waals surface area contributed by atoms with Gasteiger partial charge in [0.25, 0.3) is 0 Å². The summed E-state index contributed by atoms with van der Waals surface area (Å²) in [5, 5.41) is 4.14. The lowest BCUT2D eigenvalue weighted by Gasteiger charge is -2.09. The lowest BCUT2D eigenvalue weighted by molar-refractivity contribution is -0.115. The van der Waals surface area contributed by atoms with Gasteiger partial charge in [0.2, 0.25) is 5.91 Å². The zero-order valence-electron chi connectivity index (χ0n) is 13.6. The molecule has 3 rings (SSSR count). The minimum atomic E-state index is 0.0113. The van der Waals surface area contributed by atoms with E-state index in [4.69, 9.17) is 0 Å². The molecule has 0 saturated heterocycles. The van der Waals surface area contributed by atoms with Crippen molar-refractivity contribution in [2.75, 3.05) is 5.32 Å². The van der Waals surface area contributed by atoms with E-state index in [1.54, 1.807) is 0 Å². The van der Waals surface area contributed by atoms with Crippen molar-refractivity contribution in [3.05, 3.63) is 66.4 Å². The molecule has 0 aliphatic rings. The summed E-state index contributed by atoms with van der Waals surface area (Å²) in [6.45, 7) is 5.43. The van der Waals surface area contributed by atoms with E-state index in [0.717, 1.165) is 23.2 Å². The maximum atomic E-state index is 12.2. The molecule has 23 heavy (non-hydrogen) atoms. The SMILES string of the molecule is CC(C)Cn1ccc2cc(NC(=O)Cc3ccccc3)ccc21. The van der Waals surface area contributed by atoms with Gasteiger partial charge in [0.1, 0.15) is 0 Å². The molecule has 0 spiro atoms. The highest BCUT2D eigenvalue weighted by Gasteiger charge is 2.07. The topological polar surface area (TPSA) is 34.0 Å². The maximum Gasteiger partial charge on any atom is 0.228 e. The molecule has 0 radical (unpaired) electrons. The largest absolute Gasteiger partial charge is 0.347 e. The highest BCUT2D eigenvalue weighted by Crippen LogP contribution is 2.21. The minimum Gasteiger partial charge on any atom is -0.347 e. The predicted molar refractivity (Wildman–Crippen MR) is 95.6 cm³/mol. The van der Waals surface area contributed by atoms with Crippen molar-refractivity contribution in [1.29, 1.82) is 0 Å². The monoisotopic (exact) mass is 306 g/mol. The number of rotatable bonds is 5. The summed E-state index contributed by atoms with van der Waals surface area (Å²) in [6, 6.07) is 18.0. The molecule has 0 aliphatic heterocycles. The van der Waals surface area contributed by atoms with Crippen LogP contribution in [0.15, 0.2) is 60.8 Å². The molecule has 0 saturated carbocycles. The van der Waals surface area contributed by atoms with Gasteiger partial charge in [-0.25, -0.2) is 0 Å². The van der Waals surface area contributed by atoms with Crippen LogP contribution < -0.4 is 5.32 Å². The van der Waals surface area contributed by atoms with Crippen molar-refractivity contribution in [2.24, 2.45) is 5.92 Å². The zero-order valence-corrected chi connectivity index (χ0v) is 13.6. The van der Waals surface area contributed by atoms with E-state index < -0.39 is 0 Å². The summed E-state index contributed by atoms with van der Waals surface area (Å²) in [4.78, 5) is 12.2. The lowest BCUT2D eigenvalue weighted by atomic mass is 10.1. The van der Waals surface area contributed by atoms with E-state index in [1.165, 1.54) is 5.52 Å². The molecule has 0 unspecified atom stereocenters. The summed E-state index contributed by atoms with van der Waals surface area (Å²) in [6.07, 6.45) is 2.51. The van der Waals surface area contributed by atoms with E-state index in [2.05, 4.69) is 42.1 Å². The quantitative estimate of drug-likeness (QED) is 0.741. The second kappa shape index (κ2) is 6.69. The molecule has 0 aliphatic carbocycles. The van der Waals surface area contributed by atoms with Crippen LogP contribution in [0.1, 0.15) is 19.4 Å². The van der Waals surface area contributed by atoms with Crippen molar-refractivity contribution >= 4 is 22.5 Å². The summed E-state index contributed by atoms with van der Waals surface area (Å²) >= 11 is 0. The second-order valence-electron chi connectivity index (χ2n) is 6.35. The van der Waals surface area contributed by atoms with Crippen LogP contribution in [0.2, 0.25) is 0 Å². The molecule has 0 fully saturated rings. The van der Waals surface area contributed by atoms with Gasteiger partial charge in [-0.05, 0) is 35.7 Å². The number of anilines is 1. The molecule has 0 atom stereocenters. The molecular weight excluding hydrogens is 284 g/mol. The number of aromatic nitrogens is 1. The standard InChI is InChI=1S/C20H22N2O/c1-15(2)14-22-11-10-17-13-18(8-9-19(17)22)21-20(23)12-16-6-4-3-5-7-16/h3-11,13,15H,12,14H2,1-2H3,(H,21,23). The van der Waals surface area contributed by atoms with Gasteiger partial charge in [-0.1, -0.05) is 44.2 Å². The molecule has 2 aromatic carbocycles. The summed E-state index contributed by atoms with van der Waals surface area (Å²) in [7, 11) is 0. The van der Waals surface area contributed by atoms with Gasteiger partial charge in [0.05, 0.1) is 6.42 Å². The summed E-state index contributed by atoms with van der Waals surface area (Å²) in [5.74, 6) is 0.619. The Balaban J connectivity index is 1.72. The number of hydrogen-bond donors (Lipinski definition) is 1. The van der Waals surface area contributed by atoms with Crippen LogP contribution in [-0.4, -0.2) is 10.5 Å². The van der Waals surface area contributed by atoms with Crippen molar-refractivity contribution in [2.45, 2.75) is 26.8 Å². The zero-order chi connectivity index (χ0) is 16.2. The average Bonchev–Trinajstić information content (AvgIpc) is 2.90. The predicted octanol–water partition coefficient (Wildman–Crippen LogP) is 4.48. The highest BCUT2D eigenvalue weighted by molar-refractivity contribution is 5.95. The number of hydrogen-bond acceptors (Lipinski definition) is 1. The normalized spacial score (nSPS) is 11.1. The average molecular weight is 306 g/mol. The van der Waals surface area contributed by atoms with Crippen molar-refractivity contribution in [1.82, 2.24) is 4.57 Å². The molecule has 3 nitrogen and oxygen atoms in total. The maximum absolute atomic E-state index is 12.2. The van der Waals surface area contributed by atoms with Crippen molar-refractivity contribution in [3.63, 3.8) is 0 Å². The summed E-state index contributed by atoms with van der Waals surface area (Å²) < 4.78 is 2.26. The van der Waals surface area contributed by atoms with Crippen LogP contribution in [0.4, 0.5) is 5.69 Å². The molecule has 0 bridgehead atoms. The molecule has 1 amide bonds. The fourth-order valence-electron chi connectivity index (χ4n) is 2.82. The van der Waals surface area contributed by atoms with Crippen molar-refractivity contribution in [3.8, 4) is 0 Å². The molecule has 1 aromatic heterocycles. The fourth-order valence-corrected chi connectivity index (χ4v) is 2.82. The van der Waals surface area contributed by atoms with E-state index >= 15 is 0 Å². The van der Waals surface area contributed by atoms with Crippen LogP contribution in [-0.2, 0) is 17.8 Å². The van der Waals surface area contributed by atoms with Gasteiger partial charge in [-0.2, -0.15) is 0 Å². The lowest BCUT2D eigenvalue weighted by Crippen LogP contribution is -2.14. The number of benzene rings is 2. The first kappa shape index (κ1) is 15.3. The second-order valence-corrected chi connectivity index (χ2v) is 6.35. The number of carbonyl (C=O) groups excluding carboxylic acids is 1.